The van der Waals surface area contributed by atoms with E-state index in [0.717, 1.165) is 11.3 Å². The maximum atomic E-state index is 11.7. The monoisotopic (exact) mass is 267 g/mol. The van der Waals surface area contributed by atoms with Crippen molar-refractivity contribution in [2.45, 2.75) is 13.2 Å². The third kappa shape index (κ3) is 2.16. The summed E-state index contributed by atoms with van der Waals surface area (Å²) < 4.78 is 5.30. The highest BCUT2D eigenvalue weighted by Gasteiger charge is 2.30. The highest BCUT2D eigenvalue weighted by molar-refractivity contribution is 5.95. The van der Waals surface area contributed by atoms with Crippen LogP contribution in [0.1, 0.15) is 39.4 Å². The molecule has 0 aliphatic carbocycles. The minimum absolute atomic E-state index is 0.00235. The summed E-state index contributed by atoms with van der Waals surface area (Å²) in [6, 6.07) is 14.4. The molecule has 0 saturated heterocycles. The molecule has 1 atom stereocenters. The molecule has 1 aliphatic heterocycles. The lowest BCUT2D eigenvalue weighted by molar-refractivity contribution is 0.0437. The van der Waals surface area contributed by atoms with Crippen molar-refractivity contribution in [3.63, 3.8) is 0 Å². The molecule has 0 unspecified atom stereocenters. The summed E-state index contributed by atoms with van der Waals surface area (Å²) in [5.74, 6) is -0.335. The van der Waals surface area contributed by atoms with Crippen molar-refractivity contribution in [2.75, 3.05) is 5.32 Å². The first kappa shape index (κ1) is 12.4. The van der Waals surface area contributed by atoms with Gasteiger partial charge in [-0.15, -0.1) is 0 Å². The van der Waals surface area contributed by atoms with Crippen LogP contribution in [-0.2, 0) is 4.74 Å². The molecule has 2 aromatic carbocycles. The molecule has 0 spiro atoms. The Morgan fingerprint density at radius 2 is 1.95 bits per heavy atom. The van der Waals surface area contributed by atoms with E-state index in [-0.39, 0.29) is 11.8 Å². The molecule has 0 saturated carbocycles. The van der Waals surface area contributed by atoms with Gasteiger partial charge in [-0.3, -0.25) is 4.79 Å². The van der Waals surface area contributed by atoms with Crippen LogP contribution in [0.4, 0.5) is 5.69 Å². The number of esters is 1. The van der Waals surface area contributed by atoms with Gasteiger partial charge in [0, 0.05) is 16.8 Å². The molecular weight excluding hydrogens is 254 g/mol. The van der Waals surface area contributed by atoms with Crippen molar-refractivity contribution in [1.82, 2.24) is 0 Å². The molecule has 0 fully saturated rings. The van der Waals surface area contributed by atoms with E-state index in [1.54, 1.807) is 30.3 Å². The summed E-state index contributed by atoms with van der Waals surface area (Å²) in [7, 11) is 0. The first-order chi connectivity index (χ1) is 9.65. The fraction of sp³-hybridized carbons (Fsp3) is 0.125. The van der Waals surface area contributed by atoms with E-state index >= 15 is 0 Å². The zero-order valence-corrected chi connectivity index (χ0v) is 10.9. The highest BCUT2D eigenvalue weighted by atomic mass is 16.6. The van der Waals surface area contributed by atoms with E-state index in [2.05, 4.69) is 5.32 Å². The van der Waals surface area contributed by atoms with Crippen molar-refractivity contribution >= 4 is 17.4 Å². The van der Waals surface area contributed by atoms with Crippen molar-refractivity contribution in [3.8, 4) is 0 Å². The Bertz CT molecular complexity index is 694. The number of Topliss-reactive ketones (excluding diaryl/α,β-unsaturated/α-hetero) is 1. The van der Waals surface area contributed by atoms with Gasteiger partial charge in [0.05, 0.1) is 5.56 Å². The molecular formula is C16H13NO3. The molecule has 3 rings (SSSR count). The molecule has 0 radical (unpaired) electrons. The molecule has 0 bridgehead atoms. The third-order valence-electron chi connectivity index (χ3n) is 3.25. The fourth-order valence-corrected chi connectivity index (χ4v) is 2.23. The van der Waals surface area contributed by atoms with Crippen molar-refractivity contribution in [1.29, 1.82) is 0 Å². The smallest absolute Gasteiger partial charge is 0.340 e. The van der Waals surface area contributed by atoms with Crippen LogP contribution in [0.5, 0.6) is 0 Å². The molecule has 1 heterocycles. The molecule has 1 N–H and O–H groups in total. The van der Waals surface area contributed by atoms with Crippen LogP contribution in [0.3, 0.4) is 0 Å². The lowest BCUT2D eigenvalue weighted by Crippen LogP contribution is -2.10. The minimum Gasteiger partial charge on any atom is -0.434 e. The van der Waals surface area contributed by atoms with Crippen molar-refractivity contribution in [3.05, 3.63) is 65.2 Å². The summed E-state index contributed by atoms with van der Waals surface area (Å²) in [6.45, 7) is 1.52. The number of carbonyl (C=O) groups is 2. The van der Waals surface area contributed by atoms with Gasteiger partial charge in [-0.2, -0.15) is 0 Å². The first-order valence-corrected chi connectivity index (χ1v) is 6.32. The second-order valence-electron chi connectivity index (χ2n) is 4.65. The van der Waals surface area contributed by atoms with E-state index in [4.69, 9.17) is 4.74 Å². The summed E-state index contributed by atoms with van der Waals surface area (Å²) in [6.07, 6.45) is -0.513. The number of anilines is 1. The second-order valence-corrected chi connectivity index (χ2v) is 4.65. The Morgan fingerprint density at radius 1 is 1.15 bits per heavy atom. The number of ketones is 1. The number of hydrogen-bond donors (Lipinski definition) is 1. The molecule has 1 aliphatic rings. The number of rotatable bonds is 3. The topological polar surface area (TPSA) is 55.4 Å². The van der Waals surface area contributed by atoms with Crippen LogP contribution in [0.25, 0.3) is 0 Å². The Morgan fingerprint density at radius 3 is 2.75 bits per heavy atom. The van der Waals surface area contributed by atoms with Crippen LogP contribution in [-0.4, -0.2) is 11.8 Å². The quantitative estimate of drug-likeness (QED) is 0.685. The summed E-state index contributed by atoms with van der Waals surface area (Å²) in [5, 5.41) is 3.13. The van der Waals surface area contributed by atoms with Crippen molar-refractivity contribution < 1.29 is 14.3 Å². The van der Waals surface area contributed by atoms with Crippen LogP contribution in [0.2, 0.25) is 0 Å². The van der Waals surface area contributed by atoms with Crippen LogP contribution in [0.15, 0.2) is 48.5 Å². The maximum Gasteiger partial charge on any atom is 0.340 e. The van der Waals surface area contributed by atoms with Gasteiger partial charge in [0.1, 0.15) is 0 Å². The van der Waals surface area contributed by atoms with E-state index < -0.39 is 6.23 Å². The van der Waals surface area contributed by atoms with Crippen LogP contribution < -0.4 is 5.32 Å². The maximum absolute atomic E-state index is 11.7. The molecule has 2 aromatic rings. The van der Waals surface area contributed by atoms with Gasteiger partial charge in [-0.1, -0.05) is 30.3 Å². The lowest BCUT2D eigenvalue weighted by atomic mass is 10.1. The van der Waals surface area contributed by atoms with Gasteiger partial charge >= 0.3 is 5.97 Å². The van der Waals surface area contributed by atoms with Gasteiger partial charge in [0.2, 0.25) is 6.23 Å². The molecule has 100 valence electrons. The van der Waals surface area contributed by atoms with Crippen LogP contribution >= 0.6 is 0 Å². The zero-order valence-electron chi connectivity index (χ0n) is 10.9. The molecule has 4 nitrogen and oxygen atoms in total. The number of hydrogen-bond acceptors (Lipinski definition) is 4. The average molecular weight is 267 g/mol. The Hall–Kier alpha value is -2.62. The Balaban J connectivity index is 1.88. The number of benzene rings is 2. The zero-order chi connectivity index (χ0) is 14.1. The first-order valence-electron chi connectivity index (χ1n) is 6.32. The van der Waals surface area contributed by atoms with Gasteiger partial charge in [0.15, 0.2) is 5.78 Å². The number of carbonyl (C=O) groups excluding carboxylic acids is 2. The van der Waals surface area contributed by atoms with Gasteiger partial charge < -0.3 is 10.1 Å². The van der Waals surface area contributed by atoms with E-state index in [9.17, 15) is 9.59 Å². The SMILES string of the molecule is CC(=O)c1cccc(N[C@H]2OC(=O)c3ccccc32)c1. The normalized spacial score (nSPS) is 16.4. The lowest BCUT2D eigenvalue weighted by Gasteiger charge is -2.14. The summed E-state index contributed by atoms with van der Waals surface area (Å²) in [5.41, 5.74) is 2.75. The number of fused-ring (bicyclic) bond motifs is 1. The van der Waals surface area contributed by atoms with E-state index in [0.29, 0.717) is 11.1 Å². The standard InChI is InChI=1S/C16H13NO3/c1-10(18)11-5-4-6-12(9-11)17-15-13-7-2-3-8-14(13)16(19)20-15/h2-9,15,17H,1H3/t15-/m0/s1. The number of cyclic esters (lactones) is 1. The summed E-state index contributed by atoms with van der Waals surface area (Å²) >= 11 is 0. The number of ether oxygens (including phenoxy) is 1. The Kier molecular flexibility index (Phi) is 2.99. The number of nitrogens with one attached hydrogen (secondary N) is 1. The predicted molar refractivity (Wildman–Crippen MR) is 74.7 cm³/mol. The highest BCUT2D eigenvalue weighted by Crippen LogP contribution is 2.31. The summed E-state index contributed by atoms with van der Waals surface area (Å²) in [4.78, 5) is 23.1. The van der Waals surface area contributed by atoms with E-state index in [1.165, 1.54) is 6.92 Å². The molecule has 4 heteroatoms. The predicted octanol–water partition coefficient (Wildman–Crippen LogP) is 3.17. The minimum atomic E-state index is -0.513. The second kappa shape index (κ2) is 4.81. The van der Waals surface area contributed by atoms with Gasteiger partial charge in [0.25, 0.3) is 0 Å². The van der Waals surface area contributed by atoms with Crippen LogP contribution in [0, 0.1) is 0 Å². The Labute approximate surface area is 116 Å². The average Bonchev–Trinajstić information content (AvgIpc) is 2.76. The fourth-order valence-electron chi connectivity index (χ4n) is 2.23. The van der Waals surface area contributed by atoms with Gasteiger partial charge in [-0.05, 0) is 25.1 Å². The van der Waals surface area contributed by atoms with Gasteiger partial charge in [-0.25, -0.2) is 4.79 Å². The van der Waals surface area contributed by atoms with Crippen molar-refractivity contribution in [2.24, 2.45) is 0 Å². The third-order valence-corrected chi connectivity index (χ3v) is 3.25. The van der Waals surface area contributed by atoms with E-state index in [1.807, 2.05) is 18.2 Å². The molecule has 20 heavy (non-hydrogen) atoms. The largest absolute Gasteiger partial charge is 0.434 e. The molecule has 0 amide bonds. The molecule has 0 aromatic heterocycles.